The zero-order valence-corrected chi connectivity index (χ0v) is 11.9. The van der Waals surface area contributed by atoms with Crippen molar-refractivity contribution in [3.8, 4) is 18.1 Å². The number of benzene rings is 1. The van der Waals surface area contributed by atoms with Gasteiger partial charge < -0.3 is 10.1 Å². The van der Waals surface area contributed by atoms with E-state index in [1.807, 2.05) is 19.2 Å². The van der Waals surface area contributed by atoms with E-state index in [-0.39, 0.29) is 6.04 Å². The third-order valence-electron chi connectivity index (χ3n) is 2.60. The van der Waals surface area contributed by atoms with E-state index in [0.717, 1.165) is 28.6 Å². The lowest BCUT2D eigenvalue weighted by Gasteiger charge is -2.16. The fourth-order valence-corrected chi connectivity index (χ4v) is 1.84. The Morgan fingerprint density at radius 3 is 2.94 bits per heavy atom. The Labute approximate surface area is 112 Å². The zero-order valence-electron chi connectivity index (χ0n) is 10.3. The summed E-state index contributed by atoms with van der Waals surface area (Å²) in [6.45, 7) is 2.77. The van der Waals surface area contributed by atoms with Crippen LogP contribution in [0.5, 0.6) is 5.75 Å². The molecule has 0 bridgehead atoms. The summed E-state index contributed by atoms with van der Waals surface area (Å²) in [7, 11) is 1.94. The van der Waals surface area contributed by atoms with Crippen LogP contribution >= 0.6 is 15.9 Å². The molecule has 0 heterocycles. The Morgan fingerprint density at radius 1 is 1.53 bits per heavy atom. The molecule has 0 aliphatic carbocycles. The van der Waals surface area contributed by atoms with Crippen molar-refractivity contribution >= 4 is 15.9 Å². The molecule has 0 aliphatic heterocycles. The van der Waals surface area contributed by atoms with E-state index in [2.05, 4.69) is 40.2 Å². The highest BCUT2D eigenvalue weighted by Gasteiger charge is 2.10. The lowest BCUT2D eigenvalue weighted by Crippen LogP contribution is -2.14. The Morgan fingerprint density at radius 2 is 2.29 bits per heavy atom. The van der Waals surface area contributed by atoms with Gasteiger partial charge in [0, 0.05) is 22.5 Å². The molecule has 0 saturated heterocycles. The third-order valence-corrected chi connectivity index (χ3v) is 3.09. The van der Waals surface area contributed by atoms with Crippen LogP contribution in [0.1, 0.15) is 31.4 Å². The van der Waals surface area contributed by atoms with Gasteiger partial charge in [-0.3, -0.25) is 0 Å². The lowest BCUT2D eigenvalue weighted by molar-refractivity contribution is 0.307. The highest BCUT2D eigenvalue weighted by molar-refractivity contribution is 9.10. The largest absolute Gasteiger partial charge is 0.493 e. The SMILES string of the molecule is C#CCCCOc1cc(Br)ccc1C(C)NC. The summed E-state index contributed by atoms with van der Waals surface area (Å²) in [5.41, 5.74) is 1.16. The van der Waals surface area contributed by atoms with Crippen LogP contribution in [0.2, 0.25) is 0 Å². The van der Waals surface area contributed by atoms with Crippen molar-refractivity contribution in [2.24, 2.45) is 0 Å². The van der Waals surface area contributed by atoms with Gasteiger partial charge in [0.2, 0.25) is 0 Å². The first-order chi connectivity index (χ1) is 8.19. The molecule has 2 nitrogen and oxygen atoms in total. The van der Waals surface area contributed by atoms with Crippen LogP contribution in [0.4, 0.5) is 0 Å². The molecule has 0 fully saturated rings. The summed E-state index contributed by atoms with van der Waals surface area (Å²) in [5, 5.41) is 3.22. The van der Waals surface area contributed by atoms with Crippen LogP contribution in [0.15, 0.2) is 22.7 Å². The fraction of sp³-hybridized carbons (Fsp3) is 0.429. The summed E-state index contributed by atoms with van der Waals surface area (Å²) in [6, 6.07) is 6.36. The Hall–Kier alpha value is -0.980. The van der Waals surface area contributed by atoms with Gasteiger partial charge in [-0.25, -0.2) is 0 Å². The number of rotatable bonds is 6. The minimum Gasteiger partial charge on any atom is -0.493 e. The molecule has 1 aromatic carbocycles. The lowest BCUT2D eigenvalue weighted by atomic mass is 10.1. The van der Waals surface area contributed by atoms with Crippen LogP contribution in [0, 0.1) is 12.3 Å². The van der Waals surface area contributed by atoms with E-state index in [1.54, 1.807) is 0 Å². The molecule has 1 unspecified atom stereocenters. The maximum absolute atomic E-state index is 5.78. The molecule has 0 spiro atoms. The van der Waals surface area contributed by atoms with Gasteiger partial charge in [-0.05, 0) is 32.5 Å². The van der Waals surface area contributed by atoms with E-state index >= 15 is 0 Å². The van der Waals surface area contributed by atoms with Gasteiger partial charge in [-0.15, -0.1) is 12.3 Å². The molecule has 0 saturated carbocycles. The van der Waals surface area contributed by atoms with E-state index in [1.165, 1.54) is 0 Å². The van der Waals surface area contributed by atoms with Crippen molar-refractivity contribution in [3.63, 3.8) is 0 Å². The number of nitrogens with one attached hydrogen (secondary N) is 1. The van der Waals surface area contributed by atoms with Gasteiger partial charge in [0.15, 0.2) is 0 Å². The predicted molar refractivity (Wildman–Crippen MR) is 75.2 cm³/mol. The standard InChI is InChI=1S/C14H18BrNO/c1-4-5-6-9-17-14-10-12(15)7-8-13(14)11(2)16-3/h1,7-8,10-11,16H,5-6,9H2,2-3H3. The van der Waals surface area contributed by atoms with Crippen LogP contribution < -0.4 is 10.1 Å². The van der Waals surface area contributed by atoms with Gasteiger partial charge in [-0.1, -0.05) is 22.0 Å². The van der Waals surface area contributed by atoms with Crippen LogP contribution in [-0.2, 0) is 0 Å². The van der Waals surface area contributed by atoms with Crippen molar-refractivity contribution in [2.75, 3.05) is 13.7 Å². The van der Waals surface area contributed by atoms with Crippen molar-refractivity contribution in [1.29, 1.82) is 0 Å². The topological polar surface area (TPSA) is 21.3 Å². The molecule has 1 aromatic rings. The number of unbranched alkanes of at least 4 members (excludes halogenated alkanes) is 1. The van der Waals surface area contributed by atoms with Crippen molar-refractivity contribution in [1.82, 2.24) is 5.32 Å². The zero-order chi connectivity index (χ0) is 12.7. The molecule has 1 atom stereocenters. The molecule has 17 heavy (non-hydrogen) atoms. The molecule has 0 radical (unpaired) electrons. The van der Waals surface area contributed by atoms with E-state index in [4.69, 9.17) is 11.2 Å². The minimum absolute atomic E-state index is 0.269. The second-order valence-corrected chi connectivity index (χ2v) is 4.76. The van der Waals surface area contributed by atoms with Gasteiger partial charge in [-0.2, -0.15) is 0 Å². The van der Waals surface area contributed by atoms with Crippen molar-refractivity contribution in [3.05, 3.63) is 28.2 Å². The molecule has 0 aromatic heterocycles. The Kier molecular flexibility index (Phi) is 6.10. The maximum Gasteiger partial charge on any atom is 0.125 e. The van der Waals surface area contributed by atoms with Gasteiger partial charge in [0.1, 0.15) is 5.75 Å². The molecule has 0 amide bonds. The van der Waals surface area contributed by atoms with Crippen LogP contribution in [0.3, 0.4) is 0 Å². The minimum atomic E-state index is 0.269. The van der Waals surface area contributed by atoms with Crippen LogP contribution in [-0.4, -0.2) is 13.7 Å². The van der Waals surface area contributed by atoms with Gasteiger partial charge >= 0.3 is 0 Å². The van der Waals surface area contributed by atoms with Crippen molar-refractivity contribution in [2.45, 2.75) is 25.8 Å². The highest BCUT2D eigenvalue weighted by Crippen LogP contribution is 2.28. The smallest absolute Gasteiger partial charge is 0.125 e. The molecule has 0 aliphatic rings. The number of ether oxygens (including phenoxy) is 1. The van der Waals surface area contributed by atoms with Crippen molar-refractivity contribution < 1.29 is 4.74 Å². The quantitative estimate of drug-likeness (QED) is 0.640. The summed E-state index contributed by atoms with van der Waals surface area (Å²) in [6.07, 6.45) is 6.85. The highest BCUT2D eigenvalue weighted by atomic mass is 79.9. The molecular weight excluding hydrogens is 278 g/mol. The Balaban J connectivity index is 2.74. The number of halogens is 1. The summed E-state index contributed by atoms with van der Waals surface area (Å²) in [4.78, 5) is 0. The predicted octanol–water partition coefficient (Wildman–Crippen LogP) is 3.52. The fourth-order valence-electron chi connectivity index (χ4n) is 1.50. The number of hydrogen-bond acceptors (Lipinski definition) is 2. The Bertz CT molecular complexity index is 398. The first-order valence-corrected chi connectivity index (χ1v) is 6.51. The molecule has 1 rings (SSSR count). The first kappa shape index (κ1) is 14.1. The maximum atomic E-state index is 5.78. The second-order valence-electron chi connectivity index (χ2n) is 3.85. The third kappa shape index (κ3) is 4.41. The monoisotopic (exact) mass is 295 g/mol. The van der Waals surface area contributed by atoms with E-state index in [9.17, 15) is 0 Å². The average Bonchev–Trinajstić information content (AvgIpc) is 2.34. The number of hydrogen-bond donors (Lipinski definition) is 1. The van der Waals surface area contributed by atoms with Crippen LogP contribution in [0.25, 0.3) is 0 Å². The van der Waals surface area contributed by atoms with E-state index < -0.39 is 0 Å². The summed E-state index contributed by atoms with van der Waals surface area (Å²) < 4.78 is 6.80. The second kappa shape index (κ2) is 7.37. The van der Waals surface area contributed by atoms with Gasteiger partial charge in [0.25, 0.3) is 0 Å². The van der Waals surface area contributed by atoms with Gasteiger partial charge in [0.05, 0.1) is 6.61 Å². The number of terminal acetylenes is 1. The molecule has 3 heteroatoms. The molecule has 92 valence electrons. The summed E-state index contributed by atoms with van der Waals surface area (Å²) in [5.74, 6) is 3.53. The normalized spacial score (nSPS) is 11.9. The molecular formula is C14H18BrNO. The van der Waals surface area contributed by atoms with E-state index in [0.29, 0.717) is 6.61 Å². The summed E-state index contributed by atoms with van der Waals surface area (Å²) >= 11 is 3.46. The first-order valence-electron chi connectivity index (χ1n) is 5.72. The molecule has 1 N–H and O–H groups in total. The average molecular weight is 296 g/mol.